The van der Waals surface area contributed by atoms with Gasteiger partial charge in [0.05, 0.1) is 29.8 Å². The first kappa shape index (κ1) is 16.0. The summed E-state index contributed by atoms with van der Waals surface area (Å²) in [4.78, 5) is 13.9. The lowest BCUT2D eigenvalue weighted by molar-refractivity contribution is 0.0770. The van der Waals surface area contributed by atoms with Crippen LogP contribution >= 0.6 is 11.6 Å². The average molecular weight is 354 g/mol. The molecule has 1 fully saturated rings. The maximum atomic E-state index is 12.4. The summed E-state index contributed by atoms with van der Waals surface area (Å²) in [6.07, 6.45) is 3.16. The van der Waals surface area contributed by atoms with Gasteiger partial charge in [0.1, 0.15) is 0 Å². The Hall–Kier alpha value is -1.86. The summed E-state index contributed by atoms with van der Waals surface area (Å²) >= 11 is 6.12. The number of benzene rings is 1. The number of sulfone groups is 1. The second-order valence-electron chi connectivity index (χ2n) is 5.46. The molecule has 1 aliphatic heterocycles. The smallest absolute Gasteiger partial charge is 0.257 e. The van der Waals surface area contributed by atoms with Crippen LogP contribution in [-0.4, -0.2) is 53.6 Å². The molecule has 0 radical (unpaired) electrons. The van der Waals surface area contributed by atoms with Crippen LogP contribution in [0.4, 0.5) is 0 Å². The number of amides is 1. The van der Waals surface area contributed by atoms with Gasteiger partial charge in [0.15, 0.2) is 9.84 Å². The number of carbonyl (C=O) groups is 1. The molecule has 1 aromatic carbocycles. The van der Waals surface area contributed by atoms with Gasteiger partial charge in [-0.2, -0.15) is 5.10 Å². The van der Waals surface area contributed by atoms with Gasteiger partial charge in [0.2, 0.25) is 0 Å². The molecule has 1 amide bonds. The van der Waals surface area contributed by atoms with E-state index in [-0.39, 0.29) is 30.5 Å². The molecule has 1 aromatic heterocycles. The summed E-state index contributed by atoms with van der Waals surface area (Å²) in [6, 6.07) is 7.46. The topological polar surface area (TPSA) is 72.3 Å². The minimum Gasteiger partial charge on any atom is -0.337 e. The van der Waals surface area contributed by atoms with Gasteiger partial charge in [0.25, 0.3) is 5.91 Å². The van der Waals surface area contributed by atoms with E-state index in [9.17, 15) is 13.2 Å². The summed E-state index contributed by atoms with van der Waals surface area (Å²) < 4.78 is 24.5. The van der Waals surface area contributed by atoms with Crippen molar-refractivity contribution in [2.24, 2.45) is 0 Å². The van der Waals surface area contributed by atoms with Crippen LogP contribution in [-0.2, 0) is 16.4 Å². The van der Waals surface area contributed by atoms with Gasteiger partial charge in [0, 0.05) is 24.3 Å². The molecule has 0 spiro atoms. The Kier molecular flexibility index (Phi) is 4.41. The van der Waals surface area contributed by atoms with E-state index in [0.29, 0.717) is 17.1 Å². The number of aromatic nitrogens is 2. The molecular formula is C15H16ClN3O3S. The lowest BCUT2D eigenvalue weighted by atomic mass is 10.2. The maximum absolute atomic E-state index is 12.4. The maximum Gasteiger partial charge on any atom is 0.257 e. The first-order valence-electron chi connectivity index (χ1n) is 7.20. The zero-order valence-electron chi connectivity index (χ0n) is 12.4. The van der Waals surface area contributed by atoms with Gasteiger partial charge in [-0.3, -0.25) is 9.48 Å². The van der Waals surface area contributed by atoms with Crippen molar-refractivity contribution < 1.29 is 13.2 Å². The summed E-state index contributed by atoms with van der Waals surface area (Å²) in [5.74, 6) is -0.149. The van der Waals surface area contributed by atoms with Gasteiger partial charge in [-0.05, 0) is 11.6 Å². The Morgan fingerprint density at radius 2 is 1.91 bits per heavy atom. The van der Waals surface area contributed by atoms with Crippen molar-refractivity contribution in [3.05, 3.63) is 52.8 Å². The van der Waals surface area contributed by atoms with Crippen molar-refractivity contribution in [3.8, 4) is 0 Å². The largest absolute Gasteiger partial charge is 0.337 e. The van der Waals surface area contributed by atoms with Crippen LogP contribution in [0.3, 0.4) is 0 Å². The van der Waals surface area contributed by atoms with Crippen molar-refractivity contribution >= 4 is 27.3 Å². The van der Waals surface area contributed by atoms with E-state index in [1.54, 1.807) is 21.8 Å². The SMILES string of the molecule is O=C(c1cnn(Cc2ccccc2Cl)c1)N1CCS(=O)(=O)CC1. The summed E-state index contributed by atoms with van der Waals surface area (Å²) in [7, 11) is -3.00. The van der Waals surface area contributed by atoms with Crippen molar-refractivity contribution in [1.82, 2.24) is 14.7 Å². The fourth-order valence-electron chi connectivity index (χ4n) is 2.46. The molecule has 1 aliphatic rings. The first-order chi connectivity index (χ1) is 10.9. The highest BCUT2D eigenvalue weighted by atomic mass is 35.5. The molecular weight excluding hydrogens is 338 g/mol. The molecule has 3 rings (SSSR count). The Morgan fingerprint density at radius 3 is 2.61 bits per heavy atom. The molecule has 8 heteroatoms. The predicted molar refractivity (Wildman–Crippen MR) is 87.3 cm³/mol. The third kappa shape index (κ3) is 3.73. The molecule has 0 unspecified atom stereocenters. The summed E-state index contributed by atoms with van der Waals surface area (Å²) in [5, 5.41) is 4.84. The van der Waals surface area contributed by atoms with E-state index in [0.717, 1.165) is 5.56 Å². The number of hydrogen-bond acceptors (Lipinski definition) is 4. The van der Waals surface area contributed by atoms with Gasteiger partial charge < -0.3 is 4.90 Å². The predicted octanol–water partition coefficient (Wildman–Crippen LogP) is 1.46. The third-order valence-corrected chi connectivity index (χ3v) is 5.78. The molecule has 0 saturated carbocycles. The highest BCUT2D eigenvalue weighted by Gasteiger charge is 2.26. The Balaban J connectivity index is 1.70. The number of nitrogens with zero attached hydrogens (tertiary/aromatic N) is 3. The molecule has 0 N–H and O–H groups in total. The van der Waals surface area contributed by atoms with E-state index in [1.165, 1.54) is 6.20 Å². The van der Waals surface area contributed by atoms with Crippen LogP contribution in [0.25, 0.3) is 0 Å². The van der Waals surface area contributed by atoms with E-state index in [2.05, 4.69) is 5.10 Å². The first-order valence-corrected chi connectivity index (χ1v) is 9.40. The van der Waals surface area contributed by atoms with Crippen molar-refractivity contribution in [1.29, 1.82) is 0 Å². The fourth-order valence-corrected chi connectivity index (χ4v) is 3.86. The van der Waals surface area contributed by atoms with Gasteiger partial charge in [-0.25, -0.2) is 8.42 Å². The van der Waals surface area contributed by atoms with Crippen molar-refractivity contribution in [2.75, 3.05) is 24.6 Å². The molecule has 2 heterocycles. The van der Waals surface area contributed by atoms with E-state index < -0.39 is 9.84 Å². The highest BCUT2D eigenvalue weighted by molar-refractivity contribution is 7.91. The van der Waals surface area contributed by atoms with Gasteiger partial charge in [-0.15, -0.1) is 0 Å². The highest BCUT2D eigenvalue weighted by Crippen LogP contribution is 2.16. The van der Waals surface area contributed by atoms with Crippen molar-refractivity contribution in [2.45, 2.75) is 6.54 Å². The second-order valence-corrected chi connectivity index (χ2v) is 8.17. The second kappa shape index (κ2) is 6.33. The monoisotopic (exact) mass is 353 g/mol. The van der Waals surface area contributed by atoms with Crippen LogP contribution in [0.15, 0.2) is 36.7 Å². The van der Waals surface area contributed by atoms with Crippen LogP contribution in [0.2, 0.25) is 5.02 Å². The van der Waals surface area contributed by atoms with Crippen LogP contribution < -0.4 is 0 Å². The number of rotatable bonds is 3. The Morgan fingerprint density at radius 1 is 1.22 bits per heavy atom. The zero-order chi connectivity index (χ0) is 16.4. The molecule has 0 bridgehead atoms. The van der Waals surface area contributed by atoms with Gasteiger partial charge in [-0.1, -0.05) is 29.8 Å². The zero-order valence-corrected chi connectivity index (χ0v) is 13.9. The third-order valence-electron chi connectivity index (χ3n) is 3.80. The molecule has 0 aliphatic carbocycles. The van der Waals surface area contributed by atoms with E-state index in [4.69, 9.17) is 11.6 Å². The Bertz CT molecular complexity index is 818. The number of carbonyl (C=O) groups excluding carboxylic acids is 1. The van der Waals surface area contributed by atoms with Crippen LogP contribution in [0.5, 0.6) is 0 Å². The molecule has 6 nitrogen and oxygen atoms in total. The summed E-state index contributed by atoms with van der Waals surface area (Å²) in [5.41, 5.74) is 1.37. The molecule has 0 atom stereocenters. The lowest BCUT2D eigenvalue weighted by Gasteiger charge is -2.26. The number of hydrogen-bond donors (Lipinski definition) is 0. The quantitative estimate of drug-likeness (QED) is 0.837. The lowest BCUT2D eigenvalue weighted by Crippen LogP contribution is -2.43. The van der Waals surface area contributed by atoms with Crippen LogP contribution in [0.1, 0.15) is 15.9 Å². The molecule has 122 valence electrons. The minimum atomic E-state index is -3.00. The fraction of sp³-hybridized carbons (Fsp3) is 0.333. The van der Waals surface area contributed by atoms with E-state index >= 15 is 0 Å². The van der Waals surface area contributed by atoms with Crippen LogP contribution in [0, 0.1) is 0 Å². The molecule has 1 saturated heterocycles. The number of halogens is 1. The summed E-state index contributed by atoms with van der Waals surface area (Å²) in [6.45, 7) is 0.940. The van der Waals surface area contributed by atoms with E-state index in [1.807, 2.05) is 18.2 Å². The molecule has 23 heavy (non-hydrogen) atoms. The standard InChI is InChI=1S/C15H16ClN3O3S/c16-14-4-2-1-3-12(14)10-19-11-13(9-17-19)15(20)18-5-7-23(21,22)8-6-18/h1-4,9,11H,5-8,10H2. The average Bonchev–Trinajstić information content (AvgIpc) is 2.97. The minimum absolute atomic E-state index is 0.0203. The molecule has 2 aromatic rings. The normalized spacial score (nSPS) is 17.2. The van der Waals surface area contributed by atoms with Gasteiger partial charge >= 0.3 is 0 Å². The Labute approximate surface area is 139 Å². The van der Waals surface area contributed by atoms with Crippen molar-refractivity contribution in [3.63, 3.8) is 0 Å².